The van der Waals surface area contributed by atoms with Gasteiger partial charge in [-0.1, -0.05) is 30.3 Å². The summed E-state index contributed by atoms with van der Waals surface area (Å²) < 4.78 is 5.95. The Morgan fingerprint density at radius 2 is 2.00 bits per heavy atom. The van der Waals surface area contributed by atoms with Crippen LogP contribution in [0.25, 0.3) is 0 Å². The number of aromatic nitrogens is 1. The van der Waals surface area contributed by atoms with Gasteiger partial charge in [0.15, 0.2) is 5.89 Å². The van der Waals surface area contributed by atoms with Crippen molar-refractivity contribution in [3.8, 4) is 0 Å². The zero-order valence-corrected chi connectivity index (χ0v) is 14.3. The molecule has 1 saturated carbocycles. The Hall–Kier alpha value is -2.14. The third-order valence-electron chi connectivity index (χ3n) is 5.93. The molecule has 0 radical (unpaired) electrons. The predicted octanol–water partition coefficient (Wildman–Crippen LogP) is 1.81. The summed E-state index contributed by atoms with van der Waals surface area (Å²) in [4.78, 5) is 19.4. The molecule has 1 saturated heterocycles. The van der Waals surface area contributed by atoms with Crippen LogP contribution in [0.15, 0.2) is 34.7 Å². The fourth-order valence-corrected chi connectivity index (χ4v) is 4.44. The van der Waals surface area contributed by atoms with Gasteiger partial charge in [0.1, 0.15) is 11.5 Å². The summed E-state index contributed by atoms with van der Waals surface area (Å²) in [6.45, 7) is 3.40. The number of oxazole rings is 1. The summed E-state index contributed by atoms with van der Waals surface area (Å²) >= 11 is 0. The van der Waals surface area contributed by atoms with Crippen molar-refractivity contribution in [3.63, 3.8) is 0 Å². The predicted molar refractivity (Wildman–Crippen MR) is 92.8 cm³/mol. The Morgan fingerprint density at radius 1 is 1.20 bits per heavy atom. The second kappa shape index (κ2) is 5.99. The number of nitrogens with zero attached hydrogens (tertiary/aromatic N) is 2. The van der Waals surface area contributed by atoms with Gasteiger partial charge in [-0.15, -0.1) is 0 Å². The molecule has 2 aliphatic heterocycles. The second-order valence-electron chi connectivity index (χ2n) is 7.48. The van der Waals surface area contributed by atoms with E-state index < -0.39 is 0 Å². The molecule has 1 unspecified atom stereocenters. The Bertz CT molecular complexity index is 775. The molecule has 2 fully saturated rings. The van der Waals surface area contributed by atoms with Gasteiger partial charge in [0.25, 0.3) is 0 Å². The van der Waals surface area contributed by atoms with Crippen molar-refractivity contribution in [2.45, 2.75) is 25.8 Å². The number of hydrogen-bond donors (Lipinski definition) is 1. The standard InChI is InChI=1S/C20H23N3O2/c24-20(19-14-10-21-11-15(14)19)23-9-8-17-16(12-23)22-18(25-17)7-6-13-4-2-1-3-5-13/h1-5,14-15,19,21H,6-12H2/t14-,15+,19?. The summed E-state index contributed by atoms with van der Waals surface area (Å²) in [5, 5.41) is 3.36. The number of carbonyl (C=O) groups is 1. The van der Waals surface area contributed by atoms with Gasteiger partial charge in [-0.2, -0.15) is 0 Å². The van der Waals surface area contributed by atoms with Crippen molar-refractivity contribution in [3.05, 3.63) is 53.2 Å². The molecule has 1 N–H and O–H groups in total. The highest BCUT2D eigenvalue weighted by Crippen LogP contribution is 2.49. The van der Waals surface area contributed by atoms with E-state index in [-0.39, 0.29) is 5.92 Å². The third kappa shape index (κ3) is 2.76. The molecule has 5 rings (SSSR count). The lowest BCUT2D eigenvalue weighted by molar-refractivity contribution is -0.134. The Balaban J connectivity index is 1.23. The van der Waals surface area contributed by atoms with Crippen LogP contribution in [0.3, 0.4) is 0 Å². The van der Waals surface area contributed by atoms with Crippen molar-refractivity contribution in [1.29, 1.82) is 0 Å². The maximum absolute atomic E-state index is 12.7. The van der Waals surface area contributed by atoms with Crippen LogP contribution >= 0.6 is 0 Å². The first kappa shape index (κ1) is 15.1. The maximum Gasteiger partial charge on any atom is 0.226 e. The van der Waals surface area contributed by atoms with E-state index in [0.717, 1.165) is 56.2 Å². The van der Waals surface area contributed by atoms with Gasteiger partial charge >= 0.3 is 0 Å². The highest BCUT2D eigenvalue weighted by molar-refractivity contribution is 5.83. The van der Waals surface area contributed by atoms with Crippen LogP contribution in [0.2, 0.25) is 0 Å². The van der Waals surface area contributed by atoms with Crippen LogP contribution in [0, 0.1) is 17.8 Å². The van der Waals surface area contributed by atoms with Gasteiger partial charge in [-0.25, -0.2) is 4.98 Å². The Labute approximate surface area is 147 Å². The molecule has 0 bridgehead atoms. The van der Waals surface area contributed by atoms with Gasteiger partial charge in [0.05, 0.1) is 6.54 Å². The SMILES string of the molecule is O=C(C1[C@H]2CNC[C@@H]12)N1CCc2oc(CCc3ccccc3)nc2C1. The molecule has 25 heavy (non-hydrogen) atoms. The molecule has 3 aliphatic rings. The molecule has 1 amide bonds. The van der Waals surface area contributed by atoms with E-state index in [1.54, 1.807) is 0 Å². The Kier molecular flexibility index (Phi) is 3.63. The van der Waals surface area contributed by atoms with Gasteiger partial charge in [0.2, 0.25) is 5.91 Å². The zero-order chi connectivity index (χ0) is 16.8. The highest BCUT2D eigenvalue weighted by atomic mass is 16.4. The van der Waals surface area contributed by atoms with Crippen LogP contribution in [0.4, 0.5) is 0 Å². The first-order valence-corrected chi connectivity index (χ1v) is 9.30. The molecule has 130 valence electrons. The van der Waals surface area contributed by atoms with Crippen molar-refractivity contribution in [1.82, 2.24) is 15.2 Å². The number of fused-ring (bicyclic) bond motifs is 2. The molecular formula is C20H23N3O2. The molecule has 0 spiro atoms. The Morgan fingerprint density at radius 3 is 2.80 bits per heavy atom. The molecule has 3 atom stereocenters. The summed E-state index contributed by atoms with van der Waals surface area (Å²) in [6.07, 6.45) is 2.53. The molecule has 5 nitrogen and oxygen atoms in total. The molecule has 3 heterocycles. The number of aryl methyl sites for hydroxylation is 2. The van der Waals surface area contributed by atoms with Crippen molar-refractivity contribution in [2.75, 3.05) is 19.6 Å². The quantitative estimate of drug-likeness (QED) is 0.924. The van der Waals surface area contributed by atoms with Crippen LogP contribution in [-0.4, -0.2) is 35.4 Å². The maximum atomic E-state index is 12.7. The van der Waals surface area contributed by atoms with Crippen LogP contribution in [0.1, 0.15) is 22.9 Å². The number of benzene rings is 1. The number of piperidine rings is 1. The normalized spacial score (nSPS) is 27.0. The monoisotopic (exact) mass is 337 g/mol. The number of carbonyl (C=O) groups excluding carboxylic acids is 1. The van der Waals surface area contributed by atoms with Crippen molar-refractivity contribution >= 4 is 5.91 Å². The lowest BCUT2D eigenvalue weighted by Gasteiger charge is -2.26. The van der Waals surface area contributed by atoms with E-state index >= 15 is 0 Å². The summed E-state index contributed by atoms with van der Waals surface area (Å²) in [6, 6.07) is 10.4. The molecule has 5 heteroatoms. The minimum absolute atomic E-state index is 0.257. The molecular weight excluding hydrogens is 314 g/mol. The summed E-state index contributed by atoms with van der Waals surface area (Å²) in [5.74, 6) is 3.52. The van der Waals surface area contributed by atoms with Crippen LogP contribution < -0.4 is 5.32 Å². The van der Waals surface area contributed by atoms with Gasteiger partial charge in [0, 0.05) is 25.3 Å². The first-order valence-electron chi connectivity index (χ1n) is 9.30. The average Bonchev–Trinajstić information content (AvgIpc) is 3.00. The van der Waals surface area contributed by atoms with E-state index in [1.165, 1.54) is 5.56 Å². The van der Waals surface area contributed by atoms with Crippen LogP contribution in [-0.2, 0) is 30.6 Å². The van der Waals surface area contributed by atoms with E-state index in [9.17, 15) is 4.79 Å². The number of hydrogen-bond acceptors (Lipinski definition) is 4. The first-order chi connectivity index (χ1) is 12.3. The van der Waals surface area contributed by atoms with Gasteiger partial charge in [-0.3, -0.25) is 4.79 Å². The summed E-state index contributed by atoms with van der Waals surface area (Å²) in [5.41, 5.74) is 2.26. The second-order valence-corrected chi connectivity index (χ2v) is 7.48. The molecule has 1 aliphatic carbocycles. The minimum Gasteiger partial charge on any atom is -0.445 e. The molecule has 1 aromatic heterocycles. The third-order valence-corrected chi connectivity index (χ3v) is 5.93. The van der Waals surface area contributed by atoms with Crippen LogP contribution in [0.5, 0.6) is 0 Å². The van der Waals surface area contributed by atoms with E-state index in [1.807, 2.05) is 11.0 Å². The van der Waals surface area contributed by atoms with E-state index in [0.29, 0.717) is 24.3 Å². The van der Waals surface area contributed by atoms with Gasteiger partial charge in [-0.05, 0) is 36.9 Å². The van der Waals surface area contributed by atoms with Gasteiger partial charge < -0.3 is 14.6 Å². The average molecular weight is 337 g/mol. The molecule has 2 aromatic rings. The lowest BCUT2D eigenvalue weighted by atomic mass is 10.1. The summed E-state index contributed by atoms with van der Waals surface area (Å²) in [7, 11) is 0. The molecule has 1 aromatic carbocycles. The zero-order valence-electron chi connectivity index (χ0n) is 14.3. The number of amides is 1. The fraction of sp³-hybridized carbons (Fsp3) is 0.500. The highest BCUT2D eigenvalue weighted by Gasteiger charge is 2.58. The van der Waals surface area contributed by atoms with Crippen molar-refractivity contribution < 1.29 is 9.21 Å². The number of rotatable bonds is 4. The largest absolute Gasteiger partial charge is 0.445 e. The minimum atomic E-state index is 0.257. The topological polar surface area (TPSA) is 58.4 Å². The smallest absolute Gasteiger partial charge is 0.226 e. The van der Waals surface area contributed by atoms with Crippen molar-refractivity contribution in [2.24, 2.45) is 17.8 Å². The fourth-order valence-electron chi connectivity index (χ4n) is 4.44. The van der Waals surface area contributed by atoms with E-state index in [2.05, 4.69) is 34.6 Å². The van der Waals surface area contributed by atoms with E-state index in [4.69, 9.17) is 4.42 Å². The lowest BCUT2D eigenvalue weighted by Crippen LogP contribution is -2.38. The number of nitrogens with one attached hydrogen (secondary N) is 1.